The number of nitrogens with two attached hydrogens (primary N) is 1. The average molecular weight is 293 g/mol. The molecule has 1 aromatic rings. The van der Waals surface area contributed by atoms with Gasteiger partial charge in [-0.15, -0.1) is 0 Å². The summed E-state index contributed by atoms with van der Waals surface area (Å²) in [6.45, 7) is 12.0. The van der Waals surface area contributed by atoms with Crippen molar-refractivity contribution in [3.8, 4) is 5.75 Å². The molecule has 5 heteroatoms. The van der Waals surface area contributed by atoms with Crippen LogP contribution < -0.4 is 10.5 Å². The number of rotatable bonds is 7. The van der Waals surface area contributed by atoms with Gasteiger partial charge in [-0.1, -0.05) is 16.8 Å². The lowest BCUT2D eigenvalue weighted by Crippen LogP contribution is -2.39. The van der Waals surface area contributed by atoms with Crippen LogP contribution in [0.3, 0.4) is 0 Å². The van der Waals surface area contributed by atoms with Crippen molar-refractivity contribution in [2.75, 3.05) is 13.2 Å². The van der Waals surface area contributed by atoms with Crippen LogP contribution in [0.1, 0.15) is 38.8 Å². The van der Waals surface area contributed by atoms with Crippen molar-refractivity contribution in [3.63, 3.8) is 0 Å². The van der Waals surface area contributed by atoms with Gasteiger partial charge in [-0.3, -0.25) is 4.90 Å². The number of hydrogen-bond donors (Lipinski definition) is 2. The molecule has 118 valence electrons. The summed E-state index contributed by atoms with van der Waals surface area (Å²) in [6, 6.07) is 6.60. The number of ether oxygens (including phenoxy) is 1. The van der Waals surface area contributed by atoms with Gasteiger partial charge >= 0.3 is 0 Å². The molecular formula is C16H27N3O2. The van der Waals surface area contributed by atoms with Crippen molar-refractivity contribution < 1.29 is 9.94 Å². The lowest BCUT2D eigenvalue weighted by molar-refractivity contribution is 0.142. The fraction of sp³-hybridized carbons (Fsp3) is 0.562. The Morgan fingerprint density at radius 2 is 1.90 bits per heavy atom. The van der Waals surface area contributed by atoms with Gasteiger partial charge in [-0.05, 0) is 46.8 Å². The number of hydrogen-bond acceptors (Lipinski definition) is 4. The zero-order valence-corrected chi connectivity index (χ0v) is 13.6. The molecule has 5 nitrogen and oxygen atoms in total. The number of nitrogens with zero attached hydrogens (tertiary/aromatic N) is 2. The first-order valence-electron chi connectivity index (χ1n) is 7.34. The second-order valence-corrected chi connectivity index (χ2v) is 5.76. The van der Waals surface area contributed by atoms with E-state index in [1.165, 1.54) is 0 Å². The van der Waals surface area contributed by atoms with Gasteiger partial charge in [0.15, 0.2) is 5.84 Å². The standard InChI is InChI=1S/C16H27N3O2/c1-11(2)19(12(3)4)8-9-21-15-7-6-13(5)10-14(15)16(17)18-20/h6-7,10-12,20H,8-9H2,1-5H3,(H2,17,18). The van der Waals surface area contributed by atoms with E-state index in [0.717, 1.165) is 12.1 Å². The highest BCUT2D eigenvalue weighted by Crippen LogP contribution is 2.20. The van der Waals surface area contributed by atoms with Crippen molar-refractivity contribution in [1.29, 1.82) is 0 Å². The van der Waals surface area contributed by atoms with E-state index in [4.69, 9.17) is 15.7 Å². The Labute approximate surface area is 127 Å². The van der Waals surface area contributed by atoms with Crippen molar-refractivity contribution in [2.24, 2.45) is 10.9 Å². The maximum Gasteiger partial charge on any atom is 0.173 e. The third-order valence-electron chi connectivity index (χ3n) is 3.45. The molecule has 0 aliphatic rings. The summed E-state index contributed by atoms with van der Waals surface area (Å²) in [5, 5.41) is 11.9. The average Bonchev–Trinajstić information content (AvgIpc) is 2.42. The monoisotopic (exact) mass is 293 g/mol. The minimum Gasteiger partial charge on any atom is -0.491 e. The van der Waals surface area contributed by atoms with E-state index in [-0.39, 0.29) is 5.84 Å². The molecule has 0 atom stereocenters. The molecule has 0 aliphatic heterocycles. The highest BCUT2D eigenvalue weighted by atomic mass is 16.5. The summed E-state index contributed by atoms with van der Waals surface area (Å²) in [5.41, 5.74) is 7.36. The Bertz CT molecular complexity index is 476. The van der Waals surface area contributed by atoms with Gasteiger partial charge in [0.05, 0.1) is 5.56 Å². The highest BCUT2D eigenvalue weighted by molar-refractivity contribution is 5.99. The molecule has 0 heterocycles. The first-order valence-corrected chi connectivity index (χ1v) is 7.34. The zero-order valence-electron chi connectivity index (χ0n) is 13.6. The molecule has 0 amide bonds. The SMILES string of the molecule is Cc1ccc(OCCN(C(C)C)C(C)C)c(/C(N)=N/O)c1. The van der Waals surface area contributed by atoms with Crippen molar-refractivity contribution in [2.45, 2.75) is 46.7 Å². The van der Waals surface area contributed by atoms with Crippen LogP contribution in [0.5, 0.6) is 5.75 Å². The molecule has 0 radical (unpaired) electrons. The second-order valence-electron chi connectivity index (χ2n) is 5.76. The molecule has 0 unspecified atom stereocenters. The van der Waals surface area contributed by atoms with E-state index in [2.05, 4.69) is 37.8 Å². The summed E-state index contributed by atoms with van der Waals surface area (Å²) in [4.78, 5) is 2.36. The van der Waals surface area contributed by atoms with Crippen LogP contribution in [0.15, 0.2) is 23.4 Å². The predicted octanol–water partition coefficient (Wildman–Crippen LogP) is 2.59. The van der Waals surface area contributed by atoms with Crippen molar-refractivity contribution in [1.82, 2.24) is 4.90 Å². The Hall–Kier alpha value is -1.75. The quantitative estimate of drug-likeness (QED) is 0.351. The minimum absolute atomic E-state index is 0.0678. The zero-order chi connectivity index (χ0) is 16.0. The number of amidine groups is 1. The Kier molecular flexibility index (Phi) is 6.49. The maximum atomic E-state index is 8.86. The molecular weight excluding hydrogens is 266 g/mol. The van der Waals surface area contributed by atoms with Gasteiger partial charge in [0, 0.05) is 18.6 Å². The van der Waals surface area contributed by atoms with E-state index in [1.54, 1.807) is 0 Å². The Morgan fingerprint density at radius 1 is 1.29 bits per heavy atom. The van der Waals surface area contributed by atoms with Gasteiger partial charge < -0.3 is 15.7 Å². The summed E-state index contributed by atoms with van der Waals surface area (Å²) < 4.78 is 5.83. The smallest absolute Gasteiger partial charge is 0.173 e. The van der Waals surface area contributed by atoms with Gasteiger partial charge in [-0.2, -0.15) is 0 Å². The van der Waals surface area contributed by atoms with Crippen LogP contribution in [-0.2, 0) is 0 Å². The lowest BCUT2D eigenvalue weighted by Gasteiger charge is -2.30. The topological polar surface area (TPSA) is 71.1 Å². The Morgan fingerprint density at radius 3 is 2.43 bits per heavy atom. The summed E-state index contributed by atoms with van der Waals surface area (Å²) >= 11 is 0. The van der Waals surface area contributed by atoms with Crippen molar-refractivity contribution >= 4 is 5.84 Å². The molecule has 1 rings (SSSR count). The maximum absolute atomic E-state index is 8.86. The fourth-order valence-corrected chi connectivity index (χ4v) is 2.40. The minimum atomic E-state index is 0.0678. The first kappa shape index (κ1) is 17.3. The molecule has 0 aliphatic carbocycles. The van der Waals surface area contributed by atoms with Crippen LogP contribution in [0.2, 0.25) is 0 Å². The summed E-state index contributed by atoms with van der Waals surface area (Å²) in [6.07, 6.45) is 0. The molecule has 21 heavy (non-hydrogen) atoms. The van der Waals surface area contributed by atoms with E-state index in [9.17, 15) is 0 Å². The highest BCUT2D eigenvalue weighted by Gasteiger charge is 2.14. The predicted molar refractivity (Wildman–Crippen MR) is 86.2 cm³/mol. The van der Waals surface area contributed by atoms with Gasteiger partial charge in [0.25, 0.3) is 0 Å². The number of oxime groups is 1. The lowest BCUT2D eigenvalue weighted by atomic mass is 10.1. The van der Waals surface area contributed by atoms with Crippen LogP contribution in [0, 0.1) is 6.92 Å². The first-order chi connectivity index (χ1) is 9.86. The van der Waals surface area contributed by atoms with Crippen molar-refractivity contribution in [3.05, 3.63) is 29.3 Å². The largest absolute Gasteiger partial charge is 0.491 e. The fourth-order valence-electron chi connectivity index (χ4n) is 2.40. The normalized spacial score (nSPS) is 12.5. The summed E-state index contributed by atoms with van der Waals surface area (Å²) in [5.74, 6) is 0.710. The third-order valence-corrected chi connectivity index (χ3v) is 3.45. The number of benzene rings is 1. The molecule has 0 fully saturated rings. The van der Waals surface area contributed by atoms with Gasteiger partial charge in [0.2, 0.25) is 0 Å². The molecule has 0 saturated heterocycles. The molecule has 0 spiro atoms. The second kappa shape index (κ2) is 7.88. The van der Waals surface area contributed by atoms with E-state index in [1.807, 2.05) is 25.1 Å². The molecule has 0 bridgehead atoms. The van der Waals surface area contributed by atoms with Crippen LogP contribution in [-0.4, -0.2) is 41.2 Å². The molecule has 0 saturated carbocycles. The van der Waals surface area contributed by atoms with Crippen LogP contribution in [0.25, 0.3) is 0 Å². The number of aryl methyl sites for hydroxylation is 1. The van der Waals surface area contributed by atoms with E-state index < -0.39 is 0 Å². The Balaban J connectivity index is 2.76. The van der Waals surface area contributed by atoms with Crippen LogP contribution in [0.4, 0.5) is 0 Å². The van der Waals surface area contributed by atoms with E-state index >= 15 is 0 Å². The molecule has 0 aromatic heterocycles. The van der Waals surface area contributed by atoms with Crippen LogP contribution >= 0.6 is 0 Å². The van der Waals surface area contributed by atoms with E-state index in [0.29, 0.717) is 30.0 Å². The summed E-state index contributed by atoms with van der Waals surface area (Å²) in [7, 11) is 0. The molecule has 3 N–H and O–H groups in total. The molecule has 1 aromatic carbocycles. The van der Waals surface area contributed by atoms with Gasteiger partial charge in [-0.25, -0.2) is 0 Å². The third kappa shape index (κ3) is 4.93. The van der Waals surface area contributed by atoms with Gasteiger partial charge in [0.1, 0.15) is 12.4 Å².